The Morgan fingerprint density at radius 2 is 2.20 bits per heavy atom. The second kappa shape index (κ2) is 6.28. The largest absolute Gasteiger partial charge is 0.377 e. The van der Waals surface area contributed by atoms with E-state index < -0.39 is 6.04 Å². The number of hydrogen-bond donors (Lipinski definition) is 2. The highest BCUT2D eigenvalue weighted by Gasteiger charge is 2.33. The van der Waals surface area contributed by atoms with Crippen molar-refractivity contribution in [1.29, 1.82) is 0 Å². The topological polar surface area (TPSA) is 58.6 Å². The van der Waals surface area contributed by atoms with Gasteiger partial charge in [-0.25, -0.2) is 0 Å². The van der Waals surface area contributed by atoms with Gasteiger partial charge in [-0.2, -0.15) is 0 Å². The number of carbonyl (C=O) groups is 2. The average molecular weight is 294 g/mol. The third kappa shape index (κ3) is 2.96. The van der Waals surface area contributed by atoms with Gasteiger partial charge in [0, 0.05) is 24.1 Å². The Labute approximate surface area is 123 Å². The smallest absolute Gasteiger partial charge is 0.255 e. The van der Waals surface area contributed by atoms with E-state index in [9.17, 15) is 9.59 Å². The van der Waals surface area contributed by atoms with Crippen molar-refractivity contribution in [1.82, 2.24) is 10.2 Å². The van der Waals surface area contributed by atoms with E-state index in [0.717, 1.165) is 10.5 Å². The molecule has 1 unspecified atom stereocenters. The third-order valence-corrected chi connectivity index (χ3v) is 3.67. The van der Waals surface area contributed by atoms with Gasteiger partial charge >= 0.3 is 0 Å². The number of amides is 2. The highest BCUT2D eigenvalue weighted by atomic mass is 32.1. The number of benzene rings is 1. The molecule has 108 valence electrons. The zero-order valence-corrected chi connectivity index (χ0v) is 12.4. The number of likely N-dealkylation sites (N-methyl/N-ethyl adjacent to an activating group) is 1. The van der Waals surface area contributed by atoms with Gasteiger partial charge in [-0.05, 0) is 24.6 Å². The number of nitrogens with zero attached hydrogens (tertiary/aromatic N) is 1. The number of nitrogens with one attached hydrogen (secondary N) is 1. The molecule has 0 aliphatic carbocycles. The molecule has 1 aromatic rings. The van der Waals surface area contributed by atoms with Crippen LogP contribution in [0, 0.1) is 6.92 Å². The lowest BCUT2D eigenvalue weighted by Crippen LogP contribution is -2.55. The summed E-state index contributed by atoms with van der Waals surface area (Å²) in [6.07, 6.45) is 0. The minimum Gasteiger partial charge on any atom is -0.377 e. The van der Waals surface area contributed by atoms with Crippen molar-refractivity contribution in [3.8, 4) is 0 Å². The molecule has 0 saturated carbocycles. The molecule has 1 N–H and O–H groups in total. The highest BCUT2D eigenvalue weighted by molar-refractivity contribution is 7.80. The van der Waals surface area contributed by atoms with Crippen LogP contribution in [0.4, 0.5) is 0 Å². The molecule has 1 aliphatic heterocycles. The Balaban J connectivity index is 2.30. The number of aryl methyl sites for hydroxylation is 1. The first-order valence-electron chi connectivity index (χ1n) is 6.44. The van der Waals surface area contributed by atoms with Crippen LogP contribution in [0.3, 0.4) is 0 Å². The molecule has 0 bridgehead atoms. The van der Waals surface area contributed by atoms with Gasteiger partial charge in [0.2, 0.25) is 5.91 Å². The standard InChI is InChI=1S/C14H18N2O3S/c1-9-3-4-10(20)7-11(9)14(18)16-5-6-19-8-12(16)13(17)15-2/h3-4,7,12,20H,5-6,8H2,1-2H3,(H,15,17). The fourth-order valence-electron chi connectivity index (χ4n) is 2.23. The Bertz CT molecular complexity index is 533. The lowest BCUT2D eigenvalue weighted by atomic mass is 10.1. The second-order valence-corrected chi connectivity index (χ2v) is 5.22. The van der Waals surface area contributed by atoms with Crippen LogP contribution in [0.15, 0.2) is 23.1 Å². The number of ether oxygens (including phenoxy) is 1. The maximum absolute atomic E-state index is 12.7. The maximum Gasteiger partial charge on any atom is 0.255 e. The van der Waals surface area contributed by atoms with Gasteiger partial charge in [-0.1, -0.05) is 6.07 Å². The number of thiol groups is 1. The summed E-state index contributed by atoms with van der Waals surface area (Å²) in [7, 11) is 1.55. The monoisotopic (exact) mass is 294 g/mol. The molecule has 1 fully saturated rings. The SMILES string of the molecule is CNC(=O)C1COCCN1C(=O)c1cc(S)ccc1C. The van der Waals surface area contributed by atoms with E-state index in [1.54, 1.807) is 18.0 Å². The first-order valence-corrected chi connectivity index (χ1v) is 6.89. The maximum atomic E-state index is 12.7. The van der Waals surface area contributed by atoms with E-state index in [-0.39, 0.29) is 18.4 Å². The van der Waals surface area contributed by atoms with E-state index in [2.05, 4.69) is 17.9 Å². The minimum absolute atomic E-state index is 0.157. The van der Waals surface area contributed by atoms with E-state index >= 15 is 0 Å². The van der Waals surface area contributed by atoms with Crippen LogP contribution in [0.1, 0.15) is 15.9 Å². The van der Waals surface area contributed by atoms with Crippen LogP contribution in [0.25, 0.3) is 0 Å². The number of carbonyl (C=O) groups excluding carboxylic acids is 2. The summed E-state index contributed by atoms with van der Waals surface area (Å²) >= 11 is 4.27. The van der Waals surface area contributed by atoms with Gasteiger partial charge in [0.25, 0.3) is 5.91 Å². The second-order valence-electron chi connectivity index (χ2n) is 4.70. The zero-order valence-electron chi connectivity index (χ0n) is 11.5. The molecule has 0 spiro atoms. The fourth-order valence-corrected chi connectivity index (χ4v) is 2.43. The van der Waals surface area contributed by atoms with E-state index in [1.165, 1.54) is 0 Å². The van der Waals surface area contributed by atoms with Crippen LogP contribution >= 0.6 is 12.6 Å². The zero-order chi connectivity index (χ0) is 14.7. The van der Waals surface area contributed by atoms with E-state index in [0.29, 0.717) is 18.7 Å². The van der Waals surface area contributed by atoms with Crippen LogP contribution < -0.4 is 5.32 Å². The molecule has 2 amide bonds. The molecule has 1 aromatic carbocycles. The molecule has 1 aliphatic rings. The first kappa shape index (κ1) is 14.9. The molecule has 6 heteroatoms. The predicted molar refractivity (Wildman–Crippen MR) is 78.1 cm³/mol. The van der Waals surface area contributed by atoms with Crippen LogP contribution in [0.2, 0.25) is 0 Å². The molecule has 0 radical (unpaired) electrons. The molecule has 1 heterocycles. The molecular formula is C14H18N2O3S. The quantitative estimate of drug-likeness (QED) is 0.796. The molecular weight excluding hydrogens is 276 g/mol. The normalized spacial score (nSPS) is 18.8. The van der Waals surface area contributed by atoms with Crippen molar-refractivity contribution in [2.75, 3.05) is 26.8 Å². The summed E-state index contributed by atoms with van der Waals surface area (Å²) in [6, 6.07) is 4.84. The van der Waals surface area contributed by atoms with Gasteiger partial charge in [0.1, 0.15) is 6.04 Å². The van der Waals surface area contributed by atoms with Crippen molar-refractivity contribution in [3.05, 3.63) is 29.3 Å². The van der Waals surface area contributed by atoms with Gasteiger partial charge in [-0.15, -0.1) is 12.6 Å². The van der Waals surface area contributed by atoms with Crippen LogP contribution in [-0.4, -0.2) is 49.6 Å². The Morgan fingerprint density at radius 1 is 1.45 bits per heavy atom. The van der Waals surface area contributed by atoms with Crippen LogP contribution in [-0.2, 0) is 9.53 Å². The summed E-state index contributed by atoms with van der Waals surface area (Å²) in [5.41, 5.74) is 1.45. The molecule has 2 rings (SSSR count). The molecule has 1 saturated heterocycles. The van der Waals surface area contributed by atoms with Crippen molar-refractivity contribution < 1.29 is 14.3 Å². The van der Waals surface area contributed by atoms with E-state index in [4.69, 9.17) is 4.74 Å². The summed E-state index contributed by atoms with van der Waals surface area (Å²) in [5.74, 6) is -0.368. The van der Waals surface area contributed by atoms with Crippen molar-refractivity contribution >= 4 is 24.4 Å². The number of morpholine rings is 1. The number of rotatable bonds is 2. The highest BCUT2D eigenvalue weighted by Crippen LogP contribution is 2.19. The lowest BCUT2D eigenvalue weighted by molar-refractivity contribution is -0.130. The van der Waals surface area contributed by atoms with Crippen molar-refractivity contribution in [2.45, 2.75) is 17.9 Å². The average Bonchev–Trinajstić information content (AvgIpc) is 2.48. The van der Waals surface area contributed by atoms with E-state index in [1.807, 2.05) is 19.1 Å². The molecule has 5 nitrogen and oxygen atoms in total. The van der Waals surface area contributed by atoms with Gasteiger partial charge in [-0.3, -0.25) is 9.59 Å². The predicted octanol–water partition coefficient (Wildman–Crippen LogP) is 0.871. The minimum atomic E-state index is -0.579. The molecule has 1 atom stereocenters. The van der Waals surface area contributed by atoms with Gasteiger partial charge in [0.05, 0.1) is 13.2 Å². The third-order valence-electron chi connectivity index (χ3n) is 3.39. The Hall–Kier alpha value is -1.53. The number of hydrogen-bond acceptors (Lipinski definition) is 4. The summed E-state index contributed by atoms with van der Waals surface area (Å²) < 4.78 is 5.31. The molecule has 0 aromatic heterocycles. The summed E-state index contributed by atoms with van der Waals surface area (Å²) in [6.45, 7) is 2.95. The Kier molecular flexibility index (Phi) is 4.67. The summed E-state index contributed by atoms with van der Waals surface area (Å²) in [5, 5.41) is 2.57. The van der Waals surface area contributed by atoms with Crippen molar-refractivity contribution in [2.24, 2.45) is 0 Å². The lowest BCUT2D eigenvalue weighted by Gasteiger charge is -2.34. The van der Waals surface area contributed by atoms with Crippen molar-refractivity contribution in [3.63, 3.8) is 0 Å². The fraction of sp³-hybridized carbons (Fsp3) is 0.429. The van der Waals surface area contributed by atoms with Gasteiger partial charge in [0.15, 0.2) is 0 Å². The van der Waals surface area contributed by atoms with Gasteiger partial charge < -0.3 is 15.0 Å². The van der Waals surface area contributed by atoms with Crippen LogP contribution in [0.5, 0.6) is 0 Å². The molecule has 20 heavy (non-hydrogen) atoms. The Morgan fingerprint density at radius 3 is 2.90 bits per heavy atom. The first-order chi connectivity index (χ1) is 9.54. The summed E-state index contributed by atoms with van der Waals surface area (Å²) in [4.78, 5) is 26.8.